The highest BCUT2D eigenvalue weighted by Gasteiger charge is 2.07. The molecular formula is C11H13ClN4. The van der Waals surface area contributed by atoms with Gasteiger partial charge in [-0.25, -0.2) is 9.97 Å². The summed E-state index contributed by atoms with van der Waals surface area (Å²) in [4.78, 5) is 8.68. The van der Waals surface area contributed by atoms with E-state index < -0.39 is 0 Å². The van der Waals surface area contributed by atoms with Crippen molar-refractivity contribution in [3.63, 3.8) is 0 Å². The molecule has 0 aliphatic rings. The van der Waals surface area contributed by atoms with Crippen LogP contribution in [-0.2, 0) is 5.88 Å². The zero-order valence-electron chi connectivity index (χ0n) is 9.53. The number of alkyl halides is 1. The molecule has 0 atom stereocenters. The van der Waals surface area contributed by atoms with Crippen molar-refractivity contribution in [3.05, 3.63) is 35.0 Å². The number of pyridine rings is 1. The van der Waals surface area contributed by atoms with Crippen LogP contribution in [0.4, 0.5) is 0 Å². The number of aryl methyl sites for hydroxylation is 3. The number of rotatable bonds is 2. The molecule has 0 bridgehead atoms. The summed E-state index contributed by atoms with van der Waals surface area (Å²) in [6.45, 7) is 5.71. The van der Waals surface area contributed by atoms with E-state index in [-0.39, 0.29) is 0 Å². The van der Waals surface area contributed by atoms with Gasteiger partial charge in [0, 0.05) is 11.6 Å². The molecule has 0 radical (unpaired) electrons. The molecule has 2 rings (SSSR count). The van der Waals surface area contributed by atoms with Gasteiger partial charge >= 0.3 is 0 Å². The molecule has 2 heterocycles. The lowest BCUT2D eigenvalue weighted by Gasteiger charge is -2.05. The van der Waals surface area contributed by atoms with Gasteiger partial charge in [-0.2, -0.15) is 4.68 Å². The van der Waals surface area contributed by atoms with Gasteiger partial charge in [0.15, 0.2) is 5.82 Å². The molecule has 0 saturated carbocycles. The Morgan fingerprint density at radius 3 is 2.50 bits per heavy atom. The number of hydrogen-bond donors (Lipinski definition) is 0. The topological polar surface area (TPSA) is 43.6 Å². The molecule has 4 nitrogen and oxygen atoms in total. The third-order valence-electron chi connectivity index (χ3n) is 2.25. The first-order valence-electron chi connectivity index (χ1n) is 5.04. The highest BCUT2D eigenvalue weighted by Crippen LogP contribution is 2.12. The number of hydrogen-bond acceptors (Lipinski definition) is 3. The molecule has 5 heteroatoms. The summed E-state index contributed by atoms with van der Waals surface area (Å²) in [5.74, 6) is 2.82. The quantitative estimate of drug-likeness (QED) is 0.752. The van der Waals surface area contributed by atoms with Gasteiger partial charge in [-0.15, -0.1) is 16.7 Å². The summed E-state index contributed by atoms with van der Waals surface area (Å²) in [7, 11) is 0. The summed E-state index contributed by atoms with van der Waals surface area (Å²) in [6.07, 6.45) is 0. The Kier molecular flexibility index (Phi) is 2.92. The third-order valence-corrected chi connectivity index (χ3v) is 2.55. The van der Waals surface area contributed by atoms with Crippen LogP contribution in [0.1, 0.15) is 22.9 Å². The van der Waals surface area contributed by atoms with E-state index in [1.54, 1.807) is 4.68 Å². The van der Waals surface area contributed by atoms with E-state index in [1.807, 2.05) is 32.9 Å². The maximum absolute atomic E-state index is 5.83. The minimum absolute atomic E-state index is 0.475. The van der Waals surface area contributed by atoms with Crippen molar-refractivity contribution in [1.82, 2.24) is 19.7 Å². The fourth-order valence-electron chi connectivity index (χ4n) is 1.64. The number of halogens is 1. The summed E-state index contributed by atoms with van der Waals surface area (Å²) < 4.78 is 1.73. The second kappa shape index (κ2) is 4.22. The lowest BCUT2D eigenvalue weighted by molar-refractivity contribution is 0.797. The summed E-state index contributed by atoms with van der Waals surface area (Å²) in [5, 5.41) is 4.30. The summed E-state index contributed by atoms with van der Waals surface area (Å²) in [6, 6.07) is 3.90. The van der Waals surface area contributed by atoms with E-state index in [0.717, 1.165) is 28.7 Å². The Balaban J connectivity index is 2.55. The van der Waals surface area contributed by atoms with Crippen molar-refractivity contribution >= 4 is 11.6 Å². The SMILES string of the molecule is Cc1cc(CCl)cc(-n2nc(C)nc2C)n1. The van der Waals surface area contributed by atoms with Gasteiger partial charge < -0.3 is 0 Å². The molecule has 16 heavy (non-hydrogen) atoms. The Morgan fingerprint density at radius 2 is 1.94 bits per heavy atom. The molecule has 0 spiro atoms. The molecule has 0 aromatic carbocycles. The van der Waals surface area contributed by atoms with Crippen LogP contribution in [0.2, 0.25) is 0 Å². The molecule has 84 valence electrons. The second-order valence-electron chi connectivity index (χ2n) is 3.73. The average Bonchev–Trinajstić information content (AvgIpc) is 2.57. The highest BCUT2D eigenvalue weighted by molar-refractivity contribution is 6.17. The van der Waals surface area contributed by atoms with E-state index in [1.165, 1.54) is 0 Å². The van der Waals surface area contributed by atoms with Crippen molar-refractivity contribution in [3.8, 4) is 5.82 Å². The first kappa shape index (κ1) is 11.1. The number of nitrogens with zero attached hydrogens (tertiary/aromatic N) is 4. The first-order chi connectivity index (χ1) is 7.60. The Bertz CT molecular complexity index is 519. The molecule has 0 aliphatic carbocycles. The van der Waals surface area contributed by atoms with Crippen molar-refractivity contribution in [1.29, 1.82) is 0 Å². The second-order valence-corrected chi connectivity index (χ2v) is 3.99. The Labute approximate surface area is 99.3 Å². The lowest BCUT2D eigenvalue weighted by Crippen LogP contribution is -2.04. The van der Waals surface area contributed by atoms with Crippen LogP contribution in [-0.4, -0.2) is 19.7 Å². The van der Waals surface area contributed by atoms with Gasteiger partial charge in [-0.1, -0.05) is 0 Å². The smallest absolute Gasteiger partial charge is 0.156 e. The van der Waals surface area contributed by atoms with Crippen LogP contribution >= 0.6 is 11.6 Å². The van der Waals surface area contributed by atoms with Crippen molar-refractivity contribution in [2.75, 3.05) is 0 Å². The molecule has 2 aromatic rings. The van der Waals surface area contributed by atoms with E-state index in [4.69, 9.17) is 11.6 Å². The molecule has 0 saturated heterocycles. The van der Waals surface area contributed by atoms with Crippen LogP contribution in [0.5, 0.6) is 0 Å². The lowest BCUT2D eigenvalue weighted by atomic mass is 10.2. The zero-order chi connectivity index (χ0) is 11.7. The third kappa shape index (κ3) is 2.07. The minimum atomic E-state index is 0.475. The van der Waals surface area contributed by atoms with Crippen molar-refractivity contribution in [2.24, 2.45) is 0 Å². The molecule has 0 amide bonds. The van der Waals surface area contributed by atoms with Crippen LogP contribution in [0.25, 0.3) is 5.82 Å². The first-order valence-corrected chi connectivity index (χ1v) is 5.58. The predicted octanol–water partition coefficient (Wildman–Crippen LogP) is 2.33. The van der Waals surface area contributed by atoms with Gasteiger partial charge in [0.25, 0.3) is 0 Å². The molecule has 2 aromatic heterocycles. The predicted molar refractivity (Wildman–Crippen MR) is 62.9 cm³/mol. The van der Waals surface area contributed by atoms with Crippen LogP contribution < -0.4 is 0 Å². The zero-order valence-corrected chi connectivity index (χ0v) is 10.3. The van der Waals surface area contributed by atoms with Gasteiger partial charge in [-0.3, -0.25) is 0 Å². The van der Waals surface area contributed by atoms with E-state index >= 15 is 0 Å². The largest absolute Gasteiger partial charge is 0.234 e. The fourth-order valence-corrected chi connectivity index (χ4v) is 1.80. The van der Waals surface area contributed by atoms with Gasteiger partial charge in [0.2, 0.25) is 0 Å². The highest BCUT2D eigenvalue weighted by atomic mass is 35.5. The molecular weight excluding hydrogens is 224 g/mol. The average molecular weight is 237 g/mol. The van der Waals surface area contributed by atoms with E-state index in [0.29, 0.717) is 5.88 Å². The van der Waals surface area contributed by atoms with Gasteiger partial charge in [0.1, 0.15) is 11.6 Å². The van der Waals surface area contributed by atoms with Crippen molar-refractivity contribution in [2.45, 2.75) is 26.7 Å². The van der Waals surface area contributed by atoms with Gasteiger partial charge in [-0.05, 0) is 38.5 Å². The Morgan fingerprint density at radius 1 is 1.19 bits per heavy atom. The summed E-state index contributed by atoms with van der Waals surface area (Å²) >= 11 is 5.83. The van der Waals surface area contributed by atoms with Crippen molar-refractivity contribution < 1.29 is 0 Å². The van der Waals surface area contributed by atoms with Crippen LogP contribution in [0.3, 0.4) is 0 Å². The van der Waals surface area contributed by atoms with E-state index in [9.17, 15) is 0 Å². The fraction of sp³-hybridized carbons (Fsp3) is 0.364. The summed E-state index contributed by atoms with van der Waals surface area (Å²) in [5.41, 5.74) is 1.97. The normalized spacial score (nSPS) is 10.8. The van der Waals surface area contributed by atoms with Crippen LogP contribution in [0.15, 0.2) is 12.1 Å². The molecule has 0 N–H and O–H groups in total. The number of aromatic nitrogens is 4. The molecule has 0 aliphatic heterocycles. The molecule has 0 unspecified atom stereocenters. The minimum Gasteiger partial charge on any atom is -0.234 e. The van der Waals surface area contributed by atoms with E-state index in [2.05, 4.69) is 15.1 Å². The maximum Gasteiger partial charge on any atom is 0.156 e. The van der Waals surface area contributed by atoms with Gasteiger partial charge in [0.05, 0.1) is 0 Å². The molecule has 0 fully saturated rings. The Hall–Kier alpha value is -1.42. The maximum atomic E-state index is 5.83. The standard InChI is InChI=1S/C11H13ClN4/c1-7-4-10(6-12)5-11(13-7)16-9(3)14-8(2)15-16/h4-5H,6H2,1-3H3. The monoisotopic (exact) mass is 236 g/mol. The van der Waals surface area contributed by atoms with Crippen LogP contribution in [0, 0.1) is 20.8 Å².